The maximum atomic E-state index is 12.9. The topological polar surface area (TPSA) is 41.1 Å². The van der Waals surface area contributed by atoms with Gasteiger partial charge in [-0.3, -0.25) is 4.79 Å². The Balaban J connectivity index is 2.04. The first-order valence-corrected chi connectivity index (χ1v) is 5.01. The summed E-state index contributed by atoms with van der Waals surface area (Å²) in [5.74, 6) is -0.269. The number of rotatable bonds is 2. The Kier molecular flexibility index (Phi) is 2.97. The van der Waals surface area contributed by atoms with Crippen LogP contribution in [0.25, 0.3) is 0 Å². The van der Waals surface area contributed by atoms with Crippen molar-refractivity contribution in [2.24, 2.45) is 0 Å². The van der Waals surface area contributed by atoms with Gasteiger partial charge in [-0.25, -0.2) is 4.39 Å². The van der Waals surface area contributed by atoms with Gasteiger partial charge in [-0.15, -0.1) is 0 Å². The van der Waals surface area contributed by atoms with E-state index in [1.54, 1.807) is 6.07 Å². The molecule has 1 aromatic rings. The van der Waals surface area contributed by atoms with Crippen LogP contribution < -0.4 is 10.6 Å². The molecule has 1 aliphatic rings. The molecule has 0 bridgehead atoms. The van der Waals surface area contributed by atoms with Gasteiger partial charge in [0, 0.05) is 13.1 Å². The number of hydrogen-bond acceptors (Lipinski definition) is 2. The van der Waals surface area contributed by atoms with Gasteiger partial charge in [0.25, 0.3) is 0 Å². The number of halogens is 1. The minimum absolute atomic E-state index is 0.00879. The molecule has 0 saturated carbocycles. The molecule has 1 amide bonds. The lowest BCUT2D eigenvalue weighted by Crippen LogP contribution is -2.53. The minimum Gasteiger partial charge on any atom is -0.353 e. The summed E-state index contributed by atoms with van der Waals surface area (Å²) >= 11 is 0. The van der Waals surface area contributed by atoms with Crippen molar-refractivity contribution in [2.45, 2.75) is 12.5 Å². The lowest BCUT2D eigenvalue weighted by Gasteiger charge is -2.23. The Bertz CT molecular complexity index is 367. The van der Waals surface area contributed by atoms with Crippen LogP contribution in [0.4, 0.5) is 4.39 Å². The molecule has 2 rings (SSSR count). The fraction of sp³-hybridized carbons (Fsp3) is 0.364. The summed E-state index contributed by atoms with van der Waals surface area (Å²) in [6, 6.07) is 6.11. The average Bonchev–Trinajstić information content (AvgIpc) is 2.22. The van der Waals surface area contributed by atoms with Gasteiger partial charge in [0.05, 0.1) is 6.04 Å². The zero-order valence-electron chi connectivity index (χ0n) is 8.29. The summed E-state index contributed by atoms with van der Waals surface area (Å²) in [7, 11) is 0. The lowest BCUT2D eigenvalue weighted by molar-refractivity contribution is -0.124. The fourth-order valence-corrected chi connectivity index (χ4v) is 1.71. The number of benzene rings is 1. The predicted octanol–water partition coefficient (Wildman–Crippen LogP) is 0.456. The maximum absolute atomic E-state index is 12.9. The number of carbonyl (C=O) groups is 1. The highest BCUT2D eigenvalue weighted by atomic mass is 19.1. The molecule has 3 nitrogen and oxygen atoms in total. The Morgan fingerprint density at radius 1 is 1.40 bits per heavy atom. The molecule has 80 valence electrons. The molecule has 4 heteroatoms. The Hall–Kier alpha value is -1.42. The molecule has 1 heterocycles. The number of nitrogens with one attached hydrogen (secondary N) is 2. The van der Waals surface area contributed by atoms with Crippen LogP contribution in [0.15, 0.2) is 24.3 Å². The van der Waals surface area contributed by atoms with Crippen molar-refractivity contribution in [2.75, 3.05) is 13.1 Å². The van der Waals surface area contributed by atoms with Gasteiger partial charge >= 0.3 is 0 Å². The standard InChI is InChI=1S/C11H13FN2O/c12-9-3-1-2-8(6-9)7-10-11(15)14-5-4-13-10/h1-3,6,10,13H,4-5,7H2,(H,14,15)/t10-/m1/s1. The van der Waals surface area contributed by atoms with Crippen molar-refractivity contribution in [3.05, 3.63) is 35.6 Å². The normalized spacial score (nSPS) is 21.1. The molecule has 2 N–H and O–H groups in total. The molecule has 0 aromatic heterocycles. The first kappa shape index (κ1) is 10.1. The van der Waals surface area contributed by atoms with Gasteiger partial charge < -0.3 is 10.6 Å². The number of amides is 1. The van der Waals surface area contributed by atoms with Crippen molar-refractivity contribution in [3.8, 4) is 0 Å². The Morgan fingerprint density at radius 3 is 3.00 bits per heavy atom. The van der Waals surface area contributed by atoms with Gasteiger partial charge in [-0.1, -0.05) is 12.1 Å². The summed E-state index contributed by atoms with van der Waals surface area (Å²) in [6.45, 7) is 1.43. The van der Waals surface area contributed by atoms with E-state index in [0.717, 1.165) is 12.1 Å². The smallest absolute Gasteiger partial charge is 0.237 e. The molecule has 0 unspecified atom stereocenters. The van der Waals surface area contributed by atoms with Crippen molar-refractivity contribution >= 4 is 5.91 Å². The SMILES string of the molecule is O=C1NCCN[C@@H]1Cc1cccc(F)c1. The highest BCUT2D eigenvalue weighted by molar-refractivity contribution is 5.82. The number of piperazine rings is 1. The summed E-state index contributed by atoms with van der Waals surface area (Å²) in [5, 5.41) is 5.87. The van der Waals surface area contributed by atoms with Crippen LogP contribution in [-0.4, -0.2) is 25.0 Å². The highest BCUT2D eigenvalue weighted by Gasteiger charge is 2.21. The first-order chi connectivity index (χ1) is 7.25. The highest BCUT2D eigenvalue weighted by Crippen LogP contribution is 2.07. The minimum atomic E-state index is -0.260. The van der Waals surface area contributed by atoms with Crippen LogP contribution in [-0.2, 0) is 11.2 Å². The molecule has 0 radical (unpaired) electrons. The Labute approximate surface area is 87.7 Å². The molecule has 1 saturated heterocycles. The van der Waals surface area contributed by atoms with E-state index < -0.39 is 0 Å². The van der Waals surface area contributed by atoms with E-state index in [2.05, 4.69) is 10.6 Å². The first-order valence-electron chi connectivity index (χ1n) is 5.01. The van der Waals surface area contributed by atoms with Crippen LogP contribution >= 0.6 is 0 Å². The van der Waals surface area contributed by atoms with Gasteiger partial charge in [0.2, 0.25) is 5.91 Å². The molecular formula is C11H13FN2O. The third-order valence-corrected chi connectivity index (χ3v) is 2.46. The number of carbonyl (C=O) groups excluding carboxylic acids is 1. The second-order valence-electron chi connectivity index (χ2n) is 3.63. The Morgan fingerprint density at radius 2 is 2.27 bits per heavy atom. The molecular weight excluding hydrogens is 195 g/mol. The van der Waals surface area contributed by atoms with Crippen molar-refractivity contribution in [1.29, 1.82) is 0 Å². The molecule has 0 spiro atoms. The predicted molar refractivity (Wildman–Crippen MR) is 54.9 cm³/mol. The van der Waals surface area contributed by atoms with E-state index >= 15 is 0 Å². The van der Waals surface area contributed by atoms with Crippen LogP contribution in [0.1, 0.15) is 5.56 Å². The third kappa shape index (κ3) is 2.53. The number of hydrogen-bond donors (Lipinski definition) is 2. The largest absolute Gasteiger partial charge is 0.353 e. The molecule has 1 aliphatic heterocycles. The monoisotopic (exact) mass is 208 g/mol. The van der Waals surface area contributed by atoms with Crippen molar-refractivity contribution in [1.82, 2.24) is 10.6 Å². The van der Waals surface area contributed by atoms with Crippen LogP contribution in [0.2, 0.25) is 0 Å². The van der Waals surface area contributed by atoms with E-state index in [-0.39, 0.29) is 17.8 Å². The quantitative estimate of drug-likeness (QED) is 0.741. The van der Waals surface area contributed by atoms with E-state index in [1.165, 1.54) is 12.1 Å². The maximum Gasteiger partial charge on any atom is 0.237 e. The van der Waals surface area contributed by atoms with Crippen molar-refractivity contribution in [3.63, 3.8) is 0 Å². The van der Waals surface area contributed by atoms with Gasteiger partial charge in [0.1, 0.15) is 5.82 Å². The van der Waals surface area contributed by atoms with Crippen molar-refractivity contribution < 1.29 is 9.18 Å². The zero-order valence-corrected chi connectivity index (χ0v) is 8.29. The molecule has 1 aromatic carbocycles. The van der Waals surface area contributed by atoms with Crippen LogP contribution in [0.3, 0.4) is 0 Å². The van der Waals surface area contributed by atoms with Gasteiger partial charge in [-0.2, -0.15) is 0 Å². The molecule has 1 atom stereocenters. The molecule has 0 aliphatic carbocycles. The second-order valence-corrected chi connectivity index (χ2v) is 3.63. The van der Waals surface area contributed by atoms with Crippen LogP contribution in [0, 0.1) is 5.82 Å². The van der Waals surface area contributed by atoms with Gasteiger partial charge in [-0.05, 0) is 24.1 Å². The van der Waals surface area contributed by atoms with E-state index in [9.17, 15) is 9.18 Å². The summed E-state index contributed by atoms with van der Waals surface area (Å²) in [5.41, 5.74) is 0.838. The average molecular weight is 208 g/mol. The molecule has 1 fully saturated rings. The molecule has 15 heavy (non-hydrogen) atoms. The van der Waals surface area contributed by atoms with E-state index in [4.69, 9.17) is 0 Å². The summed E-state index contributed by atoms with van der Waals surface area (Å²) < 4.78 is 12.9. The second kappa shape index (κ2) is 4.40. The summed E-state index contributed by atoms with van der Waals surface area (Å²) in [4.78, 5) is 11.4. The van der Waals surface area contributed by atoms with E-state index in [1.807, 2.05) is 6.07 Å². The van der Waals surface area contributed by atoms with E-state index in [0.29, 0.717) is 13.0 Å². The van der Waals surface area contributed by atoms with Gasteiger partial charge in [0.15, 0.2) is 0 Å². The summed E-state index contributed by atoms with van der Waals surface area (Å²) in [6.07, 6.45) is 0.531. The lowest BCUT2D eigenvalue weighted by atomic mass is 10.0. The third-order valence-electron chi connectivity index (χ3n) is 2.46. The van der Waals surface area contributed by atoms with Crippen LogP contribution in [0.5, 0.6) is 0 Å². The fourth-order valence-electron chi connectivity index (χ4n) is 1.71. The zero-order chi connectivity index (χ0) is 10.7.